The fourth-order valence-electron chi connectivity index (χ4n) is 3.84. The largest absolute Gasteiger partial charge is 0.353 e. The molecule has 0 aromatic rings. The molecule has 18 heavy (non-hydrogen) atoms. The van der Waals surface area contributed by atoms with E-state index in [4.69, 9.17) is 5.73 Å². The molecule has 2 aliphatic carbocycles. The summed E-state index contributed by atoms with van der Waals surface area (Å²) in [6, 6.07) is 0.426. The maximum absolute atomic E-state index is 12.4. The van der Waals surface area contributed by atoms with Gasteiger partial charge >= 0.3 is 0 Å². The quantitative estimate of drug-likeness (QED) is 0.807. The summed E-state index contributed by atoms with van der Waals surface area (Å²) in [4.78, 5) is 12.4. The van der Waals surface area contributed by atoms with Gasteiger partial charge in [-0.3, -0.25) is 4.79 Å². The minimum absolute atomic E-state index is 0.189. The summed E-state index contributed by atoms with van der Waals surface area (Å²) in [5.41, 5.74) is 5.77. The molecular weight excluding hydrogens is 224 g/mol. The van der Waals surface area contributed by atoms with Gasteiger partial charge in [-0.1, -0.05) is 32.6 Å². The number of nitrogens with two attached hydrogens (primary N) is 1. The molecule has 3 N–H and O–H groups in total. The monoisotopic (exact) mass is 252 g/mol. The lowest BCUT2D eigenvalue weighted by Crippen LogP contribution is -2.45. The van der Waals surface area contributed by atoms with Crippen LogP contribution in [0.3, 0.4) is 0 Å². The summed E-state index contributed by atoms with van der Waals surface area (Å²) < 4.78 is 0. The van der Waals surface area contributed by atoms with Crippen LogP contribution in [0.15, 0.2) is 0 Å². The molecule has 2 saturated carbocycles. The predicted octanol–water partition coefficient (Wildman–Crippen LogP) is 2.45. The molecule has 0 saturated heterocycles. The lowest BCUT2D eigenvalue weighted by Gasteiger charge is -2.33. The van der Waals surface area contributed by atoms with Crippen molar-refractivity contribution < 1.29 is 4.79 Å². The number of nitrogens with one attached hydrogen (secondary N) is 1. The molecule has 4 atom stereocenters. The van der Waals surface area contributed by atoms with Crippen molar-refractivity contribution in [2.45, 2.75) is 64.3 Å². The van der Waals surface area contributed by atoms with E-state index in [0.29, 0.717) is 24.4 Å². The van der Waals surface area contributed by atoms with Gasteiger partial charge in [0.1, 0.15) is 0 Å². The fourth-order valence-corrected chi connectivity index (χ4v) is 3.84. The third kappa shape index (κ3) is 3.05. The van der Waals surface area contributed by atoms with Gasteiger partial charge in [0.2, 0.25) is 5.91 Å². The summed E-state index contributed by atoms with van der Waals surface area (Å²) in [6.07, 6.45) is 9.59. The highest BCUT2D eigenvalue weighted by molar-refractivity contribution is 5.79. The number of hydrogen-bond acceptors (Lipinski definition) is 2. The first kappa shape index (κ1) is 13.9. The minimum atomic E-state index is 0.189. The molecule has 0 radical (unpaired) electrons. The van der Waals surface area contributed by atoms with Crippen LogP contribution in [-0.2, 0) is 4.79 Å². The molecule has 104 valence electrons. The minimum Gasteiger partial charge on any atom is -0.353 e. The molecule has 0 heterocycles. The van der Waals surface area contributed by atoms with Crippen molar-refractivity contribution in [1.29, 1.82) is 0 Å². The van der Waals surface area contributed by atoms with E-state index < -0.39 is 0 Å². The van der Waals surface area contributed by atoms with E-state index in [0.717, 1.165) is 12.8 Å². The maximum Gasteiger partial charge on any atom is 0.223 e. The molecule has 2 aliphatic rings. The average Bonchev–Trinajstić information content (AvgIpc) is 2.87. The van der Waals surface area contributed by atoms with E-state index in [1.807, 2.05) is 0 Å². The molecule has 0 aromatic heterocycles. The molecule has 1 amide bonds. The van der Waals surface area contributed by atoms with Gasteiger partial charge in [0, 0.05) is 12.0 Å². The Balaban J connectivity index is 1.89. The highest BCUT2D eigenvalue weighted by Gasteiger charge is 2.34. The first-order valence-electron chi connectivity index (χ1n) is 7.76. The van der Waals surface area contributed by atoms with Gasteiger partial charge in [-0.25, -0.2) is 0 Å². The Bertz CT molecular complexity index is 280. The van der Waals surface area contributed by atoms with E-state index in [-0.39, 0.29) is 11.8 Å². The van der Waals surface area contributed by atoms with E-state index >= 15 is 0 Å². The van der Waals surface area contributed by atoms with Crippen LogP contribution in [0.5, 0.6) is 0 Å². The average molecular weight is 252 g/mol. The van der Waals surface area contributed by atoms with Gasteiger partial charge in [-0.05, 0) is 44.1 Å². The predicted molar refractivity (Wildman–Crippen MR) is 74.1 cm³/mol. The Morgan fingerprint density at radius 3 is 2.56 bits per heavy atom. The normalized spacial score (nSPS) is 36.6. The summed E-state index contributed by atoms with van der Waals surface area (Å²) >= 11 is 0. The molecule has 2 fully saturated rings. The number of amides is 1. The van der Waals surface area contributed by atoms with Crippen molar-refractivity contribution >= 4 is 5.91 Å². The topological polar surface area (TPSA) is 55.1 Å². The highest BCUT2D eigenvalue weighted by atomic mass is 16.2. The van der Waals surface area contributed by atoms with Crippen molar-refractivity contribution in [2.24, 2.45) is 23.5 Å². The second kappa shape index (κ2) is 6.55. The van der Waals surface area contributed by atoms with Crippen LogP contribution in [0, 0.1) is 17.8 Å². The van der Waals surface area contributed by atoms with Gasteiger partial charge in [-0.15, -0.1) is 0 Å². The molecule has 2 rings (SSSR count). The third-order valence-electron chi connectivity index (χ3n) is 5.06. The molecule has 4 unspecified atom stereocenters. The molecule has 0 aliphatic heterocycles. The zero-order valence-electron chi connectivity index (χ0n) is 11.7. The van der Waals surface area contributed by atoms with E-state index in [1.165, 1.54) is 38.5 Å². The van der Waals surface area contributed by atoms with Gasteiger partial charge in [0.05, 0.1) is 0 Å². The van der Waals surface area contributed by atoms with Crippen LogP contribution in [0.1, 0.15) is 58.3 Å². The standard InChI is InChI=1S/C15H28N2O/c1-2-11-6-3-4-9-14(11)17-15(18)13-8-5-7-12(13)10-16/h11-14H,2-10,16H2,1H3,(H,17,18). The summed E-state index contributed by atoms with van der Waals surface area (Å²) in [5.74, 6) is 1.59. The lowest BCUT2D eigenvalue weighted by molar-refractivity contribution is -0.127. The van der Waals surface area contributed by atoms with Gasteiger partial charge in [-0.2, -0.15) is 0 Å². The van der Waals surface area contributed by atoms with Crippen LogP contribution in [0.25, 0.3) is 0 Å². The van der Waals surface area contributed by atoms with Crippen molar-refractivity contribution in [3.63, 3.8) is 0 Å². The van der Waals surface area contributed by atoms with Crippen molar-refractivity contribution in [1.82, 2.24) is 5.32 Å². The smallest absolute Gasteiger partial charge is 0.223 e. The Labute approximate surface area is 111 Å². The zero-order valence-corrected chi connectivity index (χ0v) is 11.7. The fraction of sp³-hybridized carbons (Fsp3) is 0.933. The first-order valence-corrected chi connectivity index (χ1v) is 7.76. The Morgan fingerprint density at radius 1 is 1.11 bits per heavy atom. The highest BCUT2D eigenvalue weighted by Crippen LogP contribution is 2.32. The van der Waals surface area contributed by atoms with Crippen molar-refractivity contribution in [2.75, 3.05) is 6.54 Å². The SMILES string of the molecule is CCC1CCCCC1NC(=O)C1CCCC1CN. The number of rotatable bonds is 4. The number of carbonyl (C=O) groups excluding carboxylic acids is 1. The first-order chi connectivity index (χ1) is 8.76. The maximum atomic E-state index is 12.4. The van der Waals surface area contributed by atoms with Crippen LogP contribution >= 0.6 is 0 Å². The second-order valence-corrected chi connectivity index (χ2v) is 6.10. The molecular formula is C15H28N2O. The zero-order chi connectivity index (χ0) is 13.0. The summed E-state index contributed by atoms with van der Waals surface area (Å²) in [6.45, 7) is 2.91. The number of hydrogen-bond donors (Lipinski definition) is 2. The van der Waals surface area contributed by atoms with Crippen molar-refractivity contribution in [3.8, 4) is 0 Å². The van der Waals surface area contributed by atoms with Crippen LogP contribution in [-0.4, -0.2) is 18.5 Å². The van der Waals surface area contributed by atoms with E-state index in [2.05, 4.69) is 12.2 Å². The van der Waals surface area contributed by atoms with Gasteiger partial charge < -0.3 is 11.1 Å². The molecule has 0 bridgehead atoms. The summed E-state index contributed by atoms with van der Waals surface area (Å²) in [5, 5.41) is 3.33. The Hall–Kier alpha value is -0.570. The Kier molecular flexibility index (Phi) is 5.04. The van der Waals surface area contributed by atoms with Crippen LogP contribution in [0.2, 0.25) is 0 Å². The summed E-state index contributed by atoms with van der Waals surface area (Å²) in [7, 11) is 0. The second-order valence-electron chi connectivity index (χ2n) is 6.10. The van der Waals surface area contributed by atoms with Gasteiger partial charge in [0.15, 0.2) is 0 Å². The van der Waals surface area contributed by atoms with E-state index in [9.17, 15) is 4.79 Å². The van der Waals surface area contributed by atoms with Gasteiger partial charge in [0.25, 0.3) is 0 Å². The molecule has 0 aromatic carbocycles. The third-order valence-corrected chi connectivity index (χ3v) is 5.06. The molecule has 3 nitrogen and oxygen atoms in total. The van der Waals surface area contributed by atoms with Crippen LogP contribution in [0.4, 0.5) is 0 Å². The number of carbonyl (C=O) groups is 1. The van der Waals surface area contributed by atoms with Crippen LogP contribution < -0.4 is 11.1 Å². The Morgan fingerprint density at radius 2 is 1.83 bits per heavy atom. The molecule has 0 spiro atoms. The van der Waals surface area contributed by atoms with E-state index in [1.54, 1.807) is 0 Å². The molecule has 3 heteroatoms. The van der Waals surface area contributed by atoms with Crippen molar-refractivity contribution in [3.05, 3.63) is 0 Å². The lowest BCUT2D eigenvalue weighted by atomic mass is 9.82.